The van der Waals surface area contributed by atoms with Crippen LogP contribution < -0.4 is 5.32 Å². The first-order chi connectivity index (χ1) is 17.0. The van der Waals surface area contributed by atoms with E-state index in [-0.39, 0.29) is 17.9 Å². The molecule has 1 saturated carbocycles. The number of aryl methyl sites for hydroxylation is 1. The maximum atomic E-state index is 13.6. The van der Waals surface area contributed by atoms with E-state index < -0.39 is 0 Å². The third-order valence-electron chi connectivity index (χ3n) is 8.06. The van der Waals surface area contributed by atoms with Crippen LogP contribution in [0.15, 0.2) is 72.8 Å². The minimum absolute atomic E-state index is 0.0631. The summed E-state index contributed by atoms with van der Waals surface area (Å²) < 4.78 is 0. The fourth-order valence-electron chi connectivity index (χ4n) is 5.46. The summed E-state index contributed by atoms with van der Waals surface area (Å²) in [6, 6.07) is 25.9. The van der Waals surface area contributed by atoms with Crippen LogP contribution in [0.2, 0.25) is 0 Å². The SMILES string of the molecule is Cc1cccc(CNCc2ccc([C@H]3CCCC[C@@H]3C(=O)N(C)[C@@H](C)c3ccccc3)cc2)c1C. The molecular formula is C32H40N2O. The topological polar surface area (TPSA) is 32.3 Å². The third kappa shape index (κ3) is 6.02. The number of amides is 1. The van der Waals surface area contributed by atoms with Crippen LogP contribution in [0.25, 0.3) is 0 Å². The monoisotopic (exact) mass is 468 g/mol. The van der Waals surface area contributed by atoms with Gasteiger partial charge in [-0.3, -0.25) is 4.79 Å². The van der Waals surface area contributed by atoms with Crippen molar-refractivity contribution < 1.29 is 4.79 Å². The molecule has 0 aliphatic heterocycles. The first-order valence-electron chi connectivity index (χ1n) is 13.1. The van der Waals surface area contributed by atoms with Gasteiger partial charge < -0.3 is 10.2 Å². The van der Waals surface area contributed by atoms with E-state index in [9.17, 15) is 4.79 Å². The van der Waals surface area contributed by atoms with Gasteiger partial charge in [-0.1, -0.05) is 85.6 Å². The first kappa shape index (κ1) is 25.2. The predicted molar refractivity (Wildman–Crippen MR) is 145 cm³/mol. The van der Waals surface area contributed by atoms with Gasteiger partial charge in [0, 0.05) is 26.1 Å². The van der Waals surface area contributed by atoms with Crippen molar-refractivity contribution in [3.63, 3.8) is 0 Å². The normalized spacial score (nSPS) is 18.7. The number of hydrogen-bond donors (Lipinski definition) is 1. The van der Waals surface area contributed by atoms with Crippen molar-refractivity contribution in [1.82, 2.24) is 10.2 Å². The highest BCUT2D eigenvalue weighted by Crippen LogP contribution is 2.39. The van der Waals surface area contributed by atoms with Crippen LogP contribution in [0.5, 0.6) is 0 Å². The summed E-state index contributed by atoms with van der Waals surface area (Å²) in [4.78, 5) is 15.6. The molecule has 1 amide bonds. The summed E-state index contributed by atoms with van der Waals surface area (Å²) >= 11 is 0. The van der Waals surface area contributed by atoms with E-state index in [4.69, 9.17) is 0 Å². The zero-order chi connectivity index (χ0) is 24.8. The lowest BCUT2D eigenvalue weighted by atomic mass is 9.74. The summed E-state index contributed by atoms with van der Waals surface area (Å²) in [6.45, 7) is 8.21. The van der Waals surface area contributed by atoms with Crippen LogP contribution in [0.3, 0.4) is 0 Å². The van der Waals surface area contributed by atoms with E-state index >= 15 is 0 Å². The Morgan fingerprint density at radius 3 is 2.37 bits per heavy atom. The average molecular weight is 469 g/mol. The molecule has 0 radical (unpaired) electrons. The minimum Gasteiger partial charge on any atom is -0.339 e. The number of rotatable bonds is 8. The second-order valence-corrected chi connectivity index (χ2v) is 10.2. The van der Waals surface area contributed by atoms with Gasteiger partial charge in [0.25, 0.3) is 0 Å². The standard InChI is InChI=1S/C32H40N2O/c1-23-11-10-14-29(24(23)2)22-33-21-26-17-19-28(20-18-26)30-15-8-9-16-31(30)32(35)34(4)25(3)27-12-6-5-7-13-27/h5-7,10-14,17-20,25,30-31,33H,8-9,15-16,21-22H2,1-4H3/t25-,30+,31-/m0/s1. The first-order valence-corrected chi connectivity index (χ1v) is 13.1. The van der Waals surface area contributed by atoms with Crippen LogP contribution in [0.1, 0.15) is 77.9 Å². The molecule has 3 aromatic carbocycles. The van der Waals surface area contributed by atoms with Crippen molar-refractivity contribution in [2.45, 2.75) is 71.5 Å². The Labute approximate surface area is 211 Å². The highest BCUT2D eigenvalue weighted by molar-refractivity contribution is 5.80. The Kier molecular flexibility index (Phi) is 8.41. The second-order valence-electron chi connectivity index (χ2n) is 10.2. The summed E-state index contributed by atoms with van der Waals surface area (Å²) in [5.41, 5.74) is 7.85. The number of nitrogens with one attached hydrogen (secondary N) is 1. The molecule has 184 valence electrons. The molecule has 1 aliphatic carbocycles. The molecule has 3 nitrogen and oxygen atoms in total. The smallest absolute Gasteiger partial charge is 0.226 e. The van der Waals surface area contributed by atoms with Crippen LogP contribution in [0, 0.1) is 19.8 Å². The van der Waals surface area contributed by atoms with E-state index in [1.54, 1.807) is 0 Å². The van der Waals surface area contributed by atoms with Gasteiger partial charge in [-0.15, -0.1) is 0 Å². The second kappa shape index (κ2) is 11.7. The Hall–Kier alpha value is -2.91. The lowest BCUT2D eigenvalue weighted by Crippen LogP contribution is -2.38. The van der Waals surface area contributed by atoms with E-state index in [1.807, 2.05) is 30.1 Å². The van der Waals surface area contributed by atoms with E-state index in [0.717, 1.165) is 32.4 Å². The van der Waals surface area contributed by atoms with Gasteiger partial charge in [0.05, 0.1) is 6.04 Å². The van der Waals surface area contributed by atoms with Crippen molar-refractivity contribution in [2.24, 2.45) is 5.92 Å². The number of carbonyl (C=O) groups is 1. The fraction of sp³-hybridized carbons (Fsp3) is 0.406. The number of benzene rings is 3. The molecular weight excluding hydrogens is 428 g/mol. The Morgan fingerprint density at radius 2 is 1.63 bits per heavy atom. The maximum absolute atomic E-state index is 13.6. The van der Waals surface area contributed by atoms with Crippen LogP contribution >= 0.6 is 0 Å². The molecule has 0 unspecified atom stereocenters. The lowest BCUT2D eigenvalue weighted by molar-refractivity contribution is -0.137. The molecule has 1 fully saturated rings. The average Bonchev–Trinajstić information content (AvgIpc) is 2.90. The van der Waals surface area contributed by atoms with Gasteiger partial charge in [-0.2, -0.15) is 0 Å². The Bertz CT molecular complexity index is 1110. The minimum atomic E-state index is 0.0631. The zero-order valence-corrected chi connectivity index (χ0v) is 21.8. The van der Waals surface area contributed by atoms with Crippen LogP contribution in [-0.2, 0) is 17.9 Å². The van der Waals surface area contributed by atoms with E-state index in [2.05, 4.69) is 80.7 Å². The van der Waals surface area contributed by atoms with Crippen molar-refractivity contribution in [2.75, 3.05) is 7.05 Å². The molecule has 35 heavy (non-hydrogen) atoms. The number of carbonyl (C=O) groups excluding carboxylic acids is 1. The fourth-order valence-corrected chi connectivity index (χ4v) is 5.46. The van der Waals surface area contributed by atoms with Crippen LogP contribution in [-0.4, -0.2) is 17.9 Å². The van der Waals surface area contributed by atoms with Crippen LogP contribution in [0.4, 0.5) is 0 Å². The lowest BCUT2D eigenvalue weighted by Gasteiger charge is -2.36. The molecule has 0 heterocycles. The molecule has 3 heteroatoms. The summed E-state index contributed by atoms with van der Waals surface area (Å²) in [5, 5.41) is 3.59. The quantitative estimate of drug-likeness (QED) is 0.383. The highest BCUT2D eigenvalue weighted by atomic mass is 16.2. The molecule has 3 atom stereocenters. The molecule has 4 rings (SSSR count). The van der Waals surface area contributed by atoms with Gasteiger partial charge in [-0.25, -0.2) is 0 Å². The number of hydrogen-bond acceptors (Lipinski definition) is 2. The molecule has 0 spiro atoms. The third-order valence-corrected chi connectivity index (χ3v) is 8.06. The highest BCUT2D eigenvalue weighted by Gasteiger charge is 2.35. The van der Waals surface area contributed by atoms with Gasteiger partial charge in [0.15, 0.2) is 0 Å². The maximum Gasteiger partial charge on any atom is 0.226 e. The van der Waals surface area contributed by atoms with E-state index in [1.165, 1.54) is 39.8 Å². The molecule has 1 aliphatic rings. The van der Waals surface area contributed by atoms with Gasteiger partial charge in [0.1, 0.15) is 0 Å². The number of nitrogens with zero attached hydrogens (tertiary/aromatic N) is 1. The van der Waals surface area contributed by atoms with Crippen molar-refractivity contribution in [3.8, 4) is 0 Å². The zero-order valence-electron chi connectivity index (χ0n) is 21.8. The Balaban J connectivity index is 1.39. The van der Waals surface area contributed by atoms with E-state index in [0.29, 0.717) is 5.92 Å². The molecule has 1 N–H and O–H groups in total. The molecule has 0 aromatic heterocycles. The molecule has 3 aromatic rings. The van der Waals surface area contributed by atoms with Gasteiger partial charge in [-0.05, 0) is 72.9 Å². The Morgan fingerprint density at radius 1 is 0.914 bits per heavy atom. The summed E-state index contributed by atoms with van der Waals surface area (Å²) in [5.74, 6) is 0.650. The molecule has 0 saturated heterocycles. The summed E-state index contributed by atoms with van der Waals surface area (Å²) in [7, 11) is 1.97. The van der Waals surface area contributed by atoms with Gasteiger partial charge in [0.2, 0.25) is 5.91 Å². The van der Waals surface area contributed by atoms with Crippen molar-refractivity contribution >= 4 is 5.91 Å². The van der Waals surface area contributed by atoms with Crippen molar-refractivity contribution in [3.05, 3.63) is 106 Å². The predicted octanol–water partition coefficient (Wildman–Crippen LogP) is 7.09. The van der Waals surface area contributed by atoms with Crippen molar-refractivity contribution in [1.29, 1.82) is 0 Å². The van der Waals surface area contributed by atoms with Gasteiger partial charge >= 0.3 is 0 Å². The largest absolute Gasteiger partial charge is 0.339 e. The molecule has 0 bridgehead atoms. The summed E-state index contributed by atoms with van der Waals surface area (Å²) in [6.07, 6.45) is 4.41.